The molecule has 1 aromatic carbocycles. The van der Waals surface area contributed by atoms with Gasteiger partial charge < -0.3 is 11.5 Å². The zero-order valence-corrected chi connectivity index (χ0v) is 11.2. The van der Waals surface area contributed by atoms with Gasteiger partial charge in [0.05, 0.1) is 11.4 Å². The zero-order valence-electron chi connectivity index (χ0n) is 11.2. The lowest BCUT2D eigenvalue weighted by atomic mass is 10.0. The third kappa shape index (κ3) is 4.36. The fourth-order valence-corrected chi connectivity index (χ4v) is 1.61. The van der Waals surface area contributed by atoms with Gasteiger partial charge in [-0.2, -0.15) is 0 Å². The summed E-state index contributed by atoms with van der Waals surface area (Å²) in [5.74, 6) is 0. The average Bonchev–Trinajstić information content (AvgIpc) is 2.43. The Bertz CT molecular complexity index is 546. The molecule has 0 heterocycles. The minimum atomic E-state index is 0.574. The summed E-state index contributed by atoms with van der Waals surface area (Å²) in [6.07, 6.45) is 13.1. The highest BCUT2D eigenvalue weighted by molar-refractivity contribution is 5.75. The highest BCUT2D eigenvalue weighted by Crippen LogP contribution is 2.18. The zero-order chi connectivity index (χ0) is 14.1. The van der Waals surface area contributed by atoms with E-state index in [9.17, 15) is 0 Å². The van der Waals surface area contributed by atoms with Gasteiger partial charge in [-0.3, -0.25) is 0 Å². The Morgan fingerprint density at radius 1 is 1.11 bits per heavy atom. The molecule has 0 bridgehead atoms. The molecular weight excluding hydrogens is 232 g/mol. The molecule has 2 heteroatoms. The third-order valence-electron chi connectivity index (χ3n) is 2.54. The lowest BCUT2D eigenvalue weighted by molar-refractivity contribution is 1.35. The van der Waals surface area contributed by atoms with Crippen molar-refractivity contribution in [3.63, 3.8) is 0 Å². The molecule has 2 nitrogen and oxygen atoms in total. The summed E-state index contributed by atoms with van der Waals surface area (Å²) in [6.45, 7) is 5.53. The number of benzene rings is 1. The predicted octanol–water partition coefficient (Wildman–Crippen LogP) is 3.60. The van der Waals surface area contributed by atoms with E-state index in [4.69, 9.17) is 11.5 Å². The summed E-state index contributed by atoms with van der Waals surface area (Å²) in [6, 6.07) is 7.88. The molecule has 4 N–H and O–H groups in total. The molecule has 0 saturated heterocycles. The molecule has 0 fully saturated rings. The summed E-state index contributed by atoms with van der Waals surface area (Å²) in [5, 5.41) is 0. The Morgan fingerprint density at radius 3 is 2.53 bits per heavy atom. The quantitative estimate of drug-likeness (QED) is 0.787. The monoisotopic (exact) mass is 252 g/mol. The fraction of sp³-hybridized carbons (Fsp3) is 0.0588. The number of hydrogen-bond acceptors (Lipinski definition) is 2. The Morgan fingerprint density at radius 2 is 1.84 bits per heavy atom. The molecule has 98 valence electrons. The van der Waals surface area contributed by atoms with Crippen molar-refractivity contribution in [1.29, 1.82) is 0 Å². The first-order chi connectivity index (χ1) is 9.20. The molecule has 0 amide bonds. The maximum atomic E-state index is 6.09. The topological polar surface area (TPSA) is 52.0 Å². The molecule has 0 aliphatic rings. The fourth-order valence-electron chi connectivity index (χ4n) is 1.61. The number of nitrogens with two attached hydrogens (primary N) is 2. The van der Waals surface area contributed by atoms with Gasteiger partial charge in [-0.05, 0) is 18.6 Å². The van der Waals surface area contributed by atoms with E-state index in [-0.39, 0.29) is 0 Å². The second-order valence-corrected chi connectivity index (χ2v) is 3.94. The first-order valence-electron chi connectivity index (χ1n) is 6.13. The summed E-state index contributed by atoms with van der Waals surface area (Å²) >= 11 is 0. The SMILES string of the molecule is C=C/C=C\C=C/c1ccccc1/C(N)=C(N)/C=C\C. The second kappa shape index (κ2) is 7.77. The maximum absolute atomic E-state index is 6.09. The number of rotatable bonds is 5. The van der Waals surface area contributed by atoms with Gasteiger partial charge in [0.1, 0.15) is 0 Å². The summed E-state index contributed by atoms with van der Waals surface area (Å²) in [4.78, 5) is 0. The minimum Gasteiger partial charge on any atom is -0.397 e. The van der Waals surface area contributed by atoms with Crippen LogP contribution in [-0.2, 0) is 0 Å². The highest BCUT2D eigenvalue weighted by atomic mass is 14.7. The van der Waals surface area contributed by atoms with Crippen LogP contribution in [0.5, 0.6) is 0 Å². The van der Waals surface area contributed by atoms with E-state index in [1.54, 1.807) is 12.2 Å². The van der Waals surface area contributed by atoms with Gasteiger partial charge in [-0.1, -0.05) is 67.3 Å². The molecule has 1 rings (SSSR count). The van der Waals surface area contributed by atoms with E-state index in [2.05, 4.69) is 6.58 Å². The highest BCUT2D eigenvalue weighted by Gasteiger charge is 2.04. The molecule has 0 spiro atoms. The van der Waals surface area contributed by atoms with Gasteiger partial charge in [0.25, 0.3) is 0 Å². The van der Waals surface area contributed by atoms with E-state index >= 15 is 0 Å². The van der Waals surface area contributed by atoms with Gasteiger partial charge in [0.15, 0.2) is 0 Å². The Hall–Kier alpha value is -2.48. The van der Waals surface area contributed by atoms with Crippen LogP contribution in [0.25, 0.3) is 11.8 Å². The largest absolute Gasteiger partial charge is 0.397 e. The van der Waals surface area contributed by atoms with E-state index in [0.717, 1.165) is 11.1 Å². The van der Waals surface area contributed by atoms with E-state index < -0.39 is 0 Å². The van der Waals surface area contributed by atoms with Crippen LogP contribution in [0.1, 0.15) is 18.1 Å². The van der Waals surface area contributed by atoms with Crippen molar-refractivity contribution in [2.75, 3.05) is 0 Å². The minimum absolute atomic E-state index is 0.574. The predicted molar refractivity (Wildman–Crippen MR) is 84.9 cm³/mol. The summed E-state index contributed by atoms with van der Waals surface area (Å²) in [5.41, 5.74) is 15.1. The second-order valence-electron chi connectivity index (χ2n) is 3.94. The molecule has 0 radical (unpaired) electrons. The van der Waals surface area contributed by atoms with E-state index in [0.29, 0.717) is 11.4 Å². The van der Waals surface area contributed by atoms with Crippen LogP contribution in [0, 0.1) is 0 Å². The summed E-state index contributed by atoms with van der Waals surface area (Å²) in [7, 11) is 0. The van der Waals surface area contributed by atoms with Crippen LogP contribution < -0.4 is 11.5 Å². The van der Waals surface area contributed by atoms with Gasteiger partial charge in [-0.15, -0.1) is 0 Å². The van der Waals surface area contributed by atoms with Gasteiger partial charge >= 0.3 is 0 Å². The molecule has 0 unspecified atom stereocenters. The smallest absolute Gasteiger partial charge is 0.0627 e. The van der Waals surface area contributed by atoms with Crippen LogP contribution in [0.3, 0.4) is 0 Å². The lowest BCUT2D eigenvalue weighted by Crippen LogP contribution is -2.07. The third-order valence-corrected chi connectivity index (χ3v) is 2.54. The number of hydrogen-bond donors (Lipinski definition) is 2. The van der Waals surface area contributed by atoms with Gasteiger partial charge in [-0.25, -0.2) is 0 Å². The average molecular weight is 252 g/mol. The first kappa shape index (κ1) is 14.6. The molecular formula is C17H20N2. The van der Waals surface area contributed by atoms with E-state index in [1.807, 2.05) is 61.6 Å². The van der Waals surface area contributed by atoms with Gasteiger partial charge in [0, 0.05) is 5.56 Å². The molecule has 0 atom stereocenters. The lowest BCUT2D eigenvalue weighted by Gasteiger charge is -2.08. The van der Waals surface area contributed by atoms with Crippen molar-refractivity contribution in [2.24, 2.45) is 11.5 Å². The number of allylic oxidation sites excluding steroid dienone is 6. The normalized spacial score (nSPS) is 13.3. The molecule has 0 saturated carbocycles. The Balaban J connectivity index is 3.16. The first-order valence-corrected chi connectivity index (χ1v) is 6.13. The summed E-state index contributed by atoms with van der Waals surface area (Å²) < 4.78 is 0. The molecule has 19 heavy (non-hydrogen) atoms. The van der Waals surface area contributed by atoms with Gasteiger partial charge in [0.2, 0.25) is 0 Å². The van der Waals surface area contributed by atoms with Crippen molar-refractivity contribution in [2.45, 2.75) is 6.92 Å². The molecule has 1 aromatic rings. The van der Waals surface area contributed by atoms with Crippen molar-refractivity contribution in [3.8, 4) is 0 Å². The van der Waals surface area contributed by atoms with Crippen molar-refractivity contribution in [3.05, 3.63) is 84.1 Å². The Labute approximate surface area is 115 Å². The van der Waals surface area contributed by atoms with Crippen LogP contribution in [0.4, 0.5) is 0 Å². The van der Waals surface area contributed by atoms with Crippen LogP contribution in [0.2, 0.25) is 0 Å². The van der Waals surface area contributed by atoms with E-state index in [1.165, 1.54) is 0 Å². The maximum Gasteiger partial charge on any atom is 0.0627 e. The van der Waals surface area contributed by atoms with Crippen LogP contribution in [-0.4, -0.2) is 0 Å². The standard InChI is InChI=1S/C17H20N2/c1-3-5-6-7-11-14-12-8-9-13-15(14)17(19)16(18)10-4-2/h3-13H,1,18-19H2,2H3/b6-5-,10-4-,11-7-,17-16+. The van der Waals surface area contributed by atoms with Crippen molar-refractivity contribution >= 4 is 11.8 Å². The Kier molecular flexibility index (Phi) is 5.96. The van der Waals surface area contributed by atoms with Crippen molar-refractivity contribution < 1.29 is 0 Å². The van der Waals surface area contributed by atoms with Crippen LogP contribution in [0.15, 0.2) is 73.0 Å². The molecule has 0 aliphatic carbocycles. The molecule has 0 aliphatic heterocycles. The van der Waals surface area contributed by atoms with Crippen LogP contribution >= 0.6 is 0 Å². The van der Waals surface area contributed by atoms with Crippen molar-refractivity contribution in [1.82, 2.24) is 0 Å². The molecule has 0 aromatic heterocycles.